The van der Waals surface area contributed by atoms with Gasteiger partial charge < -0.3 is 15.8 Å². The third-order valence-electron chi connectivity index (χ3n) is 2.08. The van der Waals surface area contributed by atoms with Crippen LogP contribution in [0.3, 0.4) is 0 Å². The highest BCUT2D eigenvalue weighted by molar-refractivity contribution is 5.96. The first kappa shape index (κ1) is 14.9. The molecule has 0 atom stereocenters. The lowest BCUT2D eigenvalue weighted by Crippen LogP contribution is -2.42. The third-order valence-corrected chi connectivity index (χ3v) is 2.08. The van der Waals surface area contributed by atoms with Crippen molar-refractivity contribution in [1.82, 2.24) is 5.32 Å². The molecule has 5 nitrogen and oxygen atoms in total. The first-order chi connectivity index (χ1) is 8.69. The van der Waals surface area contributed by atoms with Gasteiger partial charge in [0.05, 0.1) is 5.56 Å². The zero-order valence-corrected chi connectivity index (χ0v) is 11.1. The molecule has 1 aromatic rings. The molecule has 0 bridgehead atoms. The molecule has 0 saturated heterocycles. The molecular formula is C13H17FN2O3. The van der Waals surface area contributed by atoms with Gasteiger partial charge in [-0.3, -0.25) is 4.79 Å². The van der Waals surface area contributed by atoms with Crippen molar-refractivity contribution in [1.29, 1.82) is 0 Å². The first-order valence-corrected chi connectivity index (χ1v) is 5.72. The summed E-state index contributed by atoms with van der Waals surface area (Å²) < 4.78 is 17.8. The van der Waals surface area contributed by atoms with Gasteiger partial charge in [-0.1, -0.05) is 0 Å². The zero-order valence-electron chi connectivity index (χ0n) is 11.1. The molecule has 19 heavy (non-hydrogen) atoms. The summed E-state index contributed by atoms with van der Waals surface area (Å²) in [5, 5.41) is 2.63. The number of nitrogens with two attached hydrogens (primary N) is 1. The van der Waals surface area contributed by atoms with Gasteiger partial charge in [0, 0.05) is 11.2 Å². The number of halogens is 1. The highest BCUT2D eigenvalue weighted by Gasteiger charge is 2.17. The number of nitrogen functional groups attached to an aromatic ring is 1. The standard InChI is InChI=1S/C13H17FN2O3/c1-13(2,3)16-11(17)7-19-12(18)9-6-8(14)4-5-10(9)15/h4-6H,7,15H2,1-3H3,(H,16,17). The van der Waals surface area contributed by atoms with Crippen LogP contribution >= 0.6 is 0 Å². The Labute approximate surface area is 110 Å². The van der Waals surface area contributed by atoms with E-state index < -0.39 is 29.8 Å². The number of hydrogen-bond donors (Lipinski definition) is 2. The fourth-order valence-corrected chi connectivity index (χ4v) is 1.37. The number of amides is 1. The van der Waals surface area contributed by atoms with Crippen molar-refractivity contribution < 1.29 is 18.7 Å². The number of carbonyl (C=O) groups excluding carboxylic acids is 2. The Morgan fingerprint density at radius 2 is 2.00 bits per heavy atom. The SMILES string of the molecule is CC(C)(C)NC(=O)COC(=O)c1cc(F)ccc1N. The second-order valence-corrected chi connectivity index (χ2v) is 5.11. The Hall–Kier alpha value is -2.11. The van der Waals surface area contributed by atoms with Gasteiger partial charge in [0.25, 0.3) is 5.91 Å². The van der Waals surface area contributed by atoms with Crippen molar-refractivity contribution in [3.05, 3.63) is 29.6 Å². The Morgan fingerprint density at radius 1 is 1.37 bits per heavy atom. The van der Waals surface area contributed by atoms with E-state index in [4.69, 9.17) is 10.5 Å². The molecule has 0 heterocycles. The van der Waals surface area contributed by atoms with Gasteiger partial charge in [-0.2, -0.15) is 0 Å². The average molecular weight is 268 g/mol. The van der Waals surface area contributed by atoms with Crippen LogP contribution in [-0.4, -0.2) is 24.0 Å². The smallest absolute Gasteiger partial charge is 0.340 e. The van der Waals surface area contributed by atoms with Gasteiger partial charge in [-0.05, 0) is 39.0 Å². The predicted molar refractivity (Wildman–Crippen MR) is 69.0 cm³/mol. The summed E-state index contributed by atoms with van der Waals surface area (Å²) in [6, 6.07) is 3.37. The minimum atomic E-state index is -0.832. The Morgan fingerprint density at radius 3 is 2.58 bits per heavy atom. The van der Waals surface area contributed by atoms with E-state index in [0.29, 0.717) is 0 Å². The second-order valence-electron chi connectivity index (χ2n) is 5.11. The molecule has 0 spiro atoms. The predicted octanol–water partition coefficient (Wildman–Crippen LogP) is 1.48. The molecule has 0 aromatic heterocycles. The van der Waals surface area contributed by atoms with Gasteiger partial charge in [-0.15, -0.1) is 0 Å². The van der Waals surface area contributed by atoms with Gasteiger partial charge in [0.2, 0.25) is 0 Å². The van der Waals surface area contributed by atoms with Crippen molar-refractivity contribution in [2.24, 2.45) is 0 Å². The number of ether oxygens (including phenoxy) is 1. The molecule has 104 valence electrons. The van der Waals surface area contributed by atoms with Crippen molar-refractivity contribution in [3.8, 4) is 0 Å². The lowest BCUT2D eigenvalue weighted by atomic mass is 10.1. The first-order valence-electron chi connectivity index (χ1n) is 5.72. The number of rotatable bonds is 3. The molecule has 0 aliphatic rings. The van der Waals surface area contributed by atoms with Crippen molar-refractivity contribution in [3.63, 3.8) is 0 Å². The summed E-state index contributed by atoms with van der Waals surface area (Å²) in [5.41, 5.74) is 5.12. The van der Waals surface area contributed by atoms with Crippen LogP contribution in [0.5, 0.6) is 0 Å². The minimum Gasteiger partial charge on any atom is -0.452 e. The number of benzene rings is 1. The van der Waals surface area contributed by atoms with E-state index in [9.17, 15) is 14.0 Å². The van der Waals surface area contributed by atoms with E-state index in [1.807, 2.05) is 0 Å². The van der Waals surface area contributed by atoms with Crippen LogP contribution in [0.1, 0.15) is 31.1 Å². The number of anilines is 1. The molecule has 0 aliphatic carbocycles. The molecule has 1 rings (SSSR count). The fourth-order valence-electron chi connectivity index (χ4n) is 1.37. The molecule has 6 heteroatoms. The Bertz CT molecular complexity index is 495. The van der Waals surface area contributed by atoms with E-state index in [1.54, 1.807) is 20.8 Å². The van der Waals surface area contributed by atoms with Crippen LogP contribution < -0.4 is 11.1 Å². The average Bonchev–Trinajstić information content (AvgIpc) is 2.27. The Kier molecular flexibility index (Phi) is 4.47. The summed E-state index contributed by atoms with van der Waals surface area (Å²) in [6.45, 7) is 4.97. The highest BCUT2D eigenvalue weighted by atomic mass is 19.1. The van der Waals surface area contributed by atoms with E-state index in [1.165, 1.54) is 6.07 Å². The maximum Gasteiger partial charge on any atom is 0.340 e. The van der Waals surface area contributed by atoms with Crippen LogP contribution in [0, 0.1) is 5.82 Å². The maximum absolute atomic E-state index is 13.0. The molecule has 0 unspecified atom stereocenters. The van der Waals surface area contributed by atoms with E-state index in [2.05, 4.69) is 5.32 Å². The topological polar surface area (TPSA) is 81.4 Å². The van der Waals surface area contributed by atoms with Crippen LogP contribution in [0.15, 0.2) is 18.2 Å². The molecular weight excluding hydrogens is 251 g/mol. The van der Waals surface area contributed by atoms with Gasteiger partial charge in [-0.25, -0.2) is 9.18 Å². The number of esters is 1. The third kappa shape index (κ3) is 4.95. The fraction of sp³-hybridized carbons (Fsp3) is 0.385. The monoisotopic (exact) mass is 268 g/mol. The van der Waals surface area contributed by atoms with Crippen LogP contribution in [0.2, 0.25) is 0 Å². The summed E-state index contributed by atoms with van der Waals surface area (Å²) in [5.74, 6) is -1.86. The van der Waals surface area contributed by atoms with Gasteiger partial charge >= 0.3 is 5.97 Å². The minimum absolute atomic E-state index is 0.0939. The summed E-state index contributed by atoms with van der Waals surface area (Å²) in [6.07, 6.45) is 0. The van der Waals surface area contributed by atoms with Gasteiger partial charge in [0.1, 0.15) is 5.82 Å². The zero-order chi connectivity index (χ0) is 14.6. The van der Waals surface area contributed by atoms with Crippen molar-refractivity contribution in [2.75, 3.05) is 12.3 Å². The molecule has 0 saturated carbocycles. The van der Waals surface area contributed by atoms with Crippen LogP contribution in [0.25, 0.3) is 0 Å². The van der Waals surface area contributed by atoms with E-state index in [0.717, 1.165) is 12.1 Å². The largest absolute Gasteiger partial charge is 0.452 e. The normalized spacial score (nSPS) is 10.9. The summed E-state index contributed by atoms with van der Waals surface area (Å²) >= 11 is 0. The molecule has 1 aromatic carbocycles. The molecule has 0 radical (unpaired) electrons. The Balaban J connectivity index is 2.61. The molecule has 0 aliphatic heterocycles. The van der Waals surface area contributed by atoms with Gasteiger partial charge in [0.15, 0.2) is 6.61 Å². The van der Waals surface area contributed by atoms with Crippen LogP contribution in [0.4, 0.5) is 10.1 Å². The lowest BCUT2D eigenvalue weighted by Gasteiger charge is -2.20. The molecule has 3 N–H and O–H groups in total. The maximum atomic E-state index is 13.0. The lowest BCUT2D eigenvalue weighted by molar-refractivity contribution is -0.125. The second kappa shape index (κ2) is 5.69. The van der Waals surface area contributed by atoms with Crippen molar-refractivity contribution in [2.45, 2.75) is 26.3 Å². The van der Waals surface area contributed by atoms with Crippen molar-refractivity contribution >= 4 is 17.6 Å². The highest BCUT2D eigenvalue weighted by Crippen LogP contribution is 2.14. The number of hydrogen-bond acceptors (Lipinski definition) is 4. The number of carbonyl (C=O) groups is 2. The van der Waals surface area contributed by atoms with Crippen LogP contribution in [-0.2, 0) is 9.53 Å². The summed E-state index contributed by atoms with van der Waals surface area (Å²) in [4.78, 5) is 23.1. The number of nitrogens with one attached hydrogen (secondary N) is 1. The molecule has 0 fully saturated rings. The van der Waals surface area contributed by atoms with E-state index >= 15 is 0 Å². The quantitative estimate of drug-likeness (QED) is 0.642. The van der Waals surface area contributed by atoms with E-state index in [-0.39, 0.29) is 11.3 Å². The molecule has 1 amide bonds. The summed E-state index contributed by atoms with van der Waals surface area (Å²) in [7, 11) is 0.